The Kier molecular flexibility index (Phi) is 4.33. The minimum atomic E-state index is -0.185. The van der Waals surface area contributed by atoms with E-state index < -0.39 is 0 Å². The molecule has 1 fully saturated rings. The van der Waals surface area contributed by atoms with Crippen molar-refractivity contribution in [3.63, 3.8) is 0 Å². The minimum Gasteiger partial charge on any atom is -0.341 e. The lowest BCUT2D eigenvalue weighted by molar-refractivity contribution is -0.127. The highest BCUT2D eigenvalue weighted by Gasteiger charge is 2.28. The van der Waals surface area contributed by atoms with Crippen LogP contribution in [0, 0.1) is 0 Å². The molecule has 1 amide bonds. The third-order valence-corrected chi connectivity index (χ3v) is 4.53. The molecule has 0 atom stereocenters. The molecule has 6 nitrogen and oxygen atoms in total. The Labute approximate surface area is 132 Å². The van der Waals surface area contributed by atoms with Gasteiger partial charge in [0.15, 0.2) is 5.16 Å². The normalized spacial score (nSPS) is 14.0. The molecular weight excluding hydrogens is 300 g/mol. The number of rotatable bonds is 6. The molecule has 0 saturated heterocycles. The molecule has 1 aromatic carbocycles. The monoisotopic (exact) mass is 318 g/mol. The summed E-state index contributed by atoms with van der Waals surface area (Å²) in [5.41, 5.74) is 0.910. The number of H-pyrrole nitrogens is 1. The maximum Gasteiger partial charge on any atom is 0.344 e. The minimum absolute atomic E-state index is 0.0200. The summed E-state index contributed by atoms with van der Waals surface area (Å²) in [6, 6.07) is 10.1. The van der Waals surface area contributed by atoms with Crippen molar-refractivity contribution < 1.29 is 4.79 Å². The van der Waals surface area contributed by atoms with Gasteiger partial charge in [0, 0.05) is 19.6 Å². The summed E-state index contributed by atoms with van der Waals surface area (Å²) in [5.74, 6) is 0.298. The molecule has 0 bridgehead atoms. The zero-order valence-corrected chi connectivity index (χ0v) is 13.2. The quantitative estimate of drug-likeness (QED) is 0.822. The van der Waals surface area contributed by atoms with E-state index >= 15 is 0 Å². The molecule has 0 unspecified atom stereocenters. The fourth-order valence-corrected chi connectivity index (χ4v) is 3.18. The summed E-state index contributed by atoms with van der Waals surface area (Å²) in [7, 11) is 1.79. The zero-order valence-electron chi connectivity index (χ0n) is 12.4. The molecule has 7 heteroatoms. The summed E-state index contributed by atoms with van der Waals surface area (Å²) in [6.07, 6.45) is 2.02. The van der Waals surface area contributed by atoms with E-state index in [1.165, 1.54) is 11.8 Å². The van der Waals surface area contributed by atoms with Crippen LogP contribution in [0.5, 0.6) is 0 Å². The van der Waals surface area contributed by atoms with E-state index in [0.29, 0.717) is 11.7 Å². The van der Waals surface area contributed by atoms with E-state index in [9.17, 15) is 9.59 Å². The van der Waals surface area contributed by atoms with Gasteiger partial charge in [-0.05, 0) is 18.4 Å². The van der Waals surface area contributed by atoms with Gasteiger partial charge in [-0.25, -0.2) is 9.89 Å². The van der Waals surface area contributed by atoms with Gasteiger partial charge in [0.1, 0.15) is 0 Å². The fourth-order valence-electron chi connectivity index (χ4n) is 2.23. The van der Waals surface area contributed by atoms with Gasteiger partial charge in [0.05, 0.1) is 5.75 Å². The van der Waals surface area contributed by atoms with Gasteiger partial charge in [-0.3, -0.25) is 9.36 Å². The Hall–Kier alpha value is -2.02. The molecule has 1 aromatic heterocycles. The number of hydrogen-bond acceptors (Lipinski definition) is 4. The Morgan fingerprint density at radius 1 is 1.41 bits per heavy atom. The topological polar surface area (TPSA) is 71.0 Å². The van der Waals surface area contributed by atoms with Crippen LogP contribution >= 0.6 is 11.8 Å². The standard InChI is InChI=1S/C15H18N4O2S/c1-18(9-11-5-3-2-4-6-11)13(20)10-22-15-17-16-14(21)19(15)12-7-8-12/h2-6,12H,7-10H2,1H3,(H,16,21). The van der Waals surface area contributed by atoms with Gasteiger partial charge in [0.25, 0.3) is 0 Å². The van der Waals surface area contributed by atoms with Crippen LogP contribution in [-0.2, 0) is 11.3 Å². The summed E-state index contributed by atoms with van der Waals surface area (Å²) in [6.45, 7) is 0.580. The maximum absolute atomic E-state index is 12.2. The SMILES string of the molecule is CN(Cc1ccccc1)C(=O)CSc1n[nH]c(=O)n1C1CC1. The lowest BCUT2D eigenvalue weighted by Gasteiger charge is -2.16. The van der Waals surface area contributed by atoms with Gasteiger partial charge in [0.2, 0.25) is 5.91 Å². The molecule has 0 radical (unpaired) electrons. The van der Waals surface area contributed by atoms with Crippen molar-refractivity contribution in [1.82, 2.24) is 19.7 Å². The molecule has 116 valence electrons. The van der Waals surface area contributed by atoms with Gasteiger partial charge in [-0.15, -0.1) is 5.10 Å². The Bertz CT molecular complexity index is 706. The van der Waals surface area contributed by atoms with Gasteiger partial charge in [-0.1, -0.05) is 42.1 Å². The number of aromatic nitrogens is 3. The largest absolute Gasteiger partial charge is 0.344 e. The van der Waals surface area contributed by atoms with Crippen LogP contribution in [0.15, 0.2) is 40.3 Å². The van der Waals surface area contributed by atoms with Crippen LogP contribution in [0.2, 0.25) is 0 Å². The molecule has 2 aromatic rings. The average molecular weight is 318 g/mol. The van der Waals surface area contributed by atoms with Crippen molar-refractivity contribution in [3.8, 4) is 0 Å². The number of amides is 1. The van der Waals surface area contributed by atoms with E-state index in [-0.39, 0.29) is 23.4 Å². The van der Waals surface area contributed by atoms with E-state index in [2.05, 4.69) is 10.2 Å². The van der Waals surface area contributed by atoms with Crippen LogP contribution < -0.4 is 5.69 Å². The highest BCUT2D eigenvalue weighted by atomic mass is 32.2. The predicted molar refractivity (Wildman–Crippen MR) is 84.8 cm³/mol. The highest BCUT2D eigenvalue weighted by molar-refractivity contribution is 7.99. The summed E-state index contributed by atoms with van der Waals surface area (Å²) < 4.78 is 1.66. The number of carbonyl (C=O) groups is 1. The van der Waals surface area contributed by atoms with Crippen LogP contribution in [0.25, 0.3) is 0 Å². The third kappa shape index (κ3) is 3.41. The zero-order chi connectivity index (χ0) is 15.5. The molecule has 3 rings (SSSR count). The Balaban J connectivity index is 1.57. The lowest BCUT2D eigenvalue weighted by Crippen LogP contribution is -2.28. The Morgan fingerprint density at radius 2 is 2.14 bits per heavy atom. The molecule has 1 aliphatic rings. The van der Waals surface area contributed by atoms with Gasteiger partial charge in [-0.2, -0.15) is 0 Å². The van der Waals surface area contributed by atoms with E-state index in [1.54, 1.807) is 16.5 Å². The summed E-state index contributed by atoms with van der Waals surface area (Å²) >= 11 is 1.31. The molecule has 0 aliphatic heterocycles. The highest BCUT2D eigenvalue weighted by Crippen LogP contribution is 2.35. The van der Waals surface area contributed by atoms with E-state index in [1.807, 2.05) is 30.3 Å². The second kappa shape index (κ2) is 6.39. The Morgan fingerprint density at radius 3 is 2.82 bits per heavy atom. The first-order valence-corrected chi connectivity index (χ1v) is 8.21. The number of benzene rings is 1. The fraction of sp³-hybridized carbons (Fsp3) is 0.400. The second-order valence-corrected chi connectivity index (χ2v) is 6.38. The maximum atomic E-state index is 12.2. The van der Waals surface area contributed by atoms with Gasteiger partial charge >= 0.3 is 5.69 Å². The van der Waals surface area contributed by atoms with E-state index in [4.69, 9.17) is 0 Å². The number of hydrogen-bond donors (Lipinski definition) is 1. The second-order valence-electron chi connectivity index (χ2n) is 5.44. The van der Waals surface area contributed by atoms with Crippen molar-refractivity contribution in [3.05, 3.63) is 46.4 Å². The van der Waals surface area contributed by atoms with Crippen LogP contribution in [0.4, 0.5) is 0 Å². The smallest absolute Gasteiger partial charge is 0.341 e. The van der Waals surface area contributed by atoms with Crippen molar-refractivity contribution >= 4 is 17.7 Å². The predicted octanol–water partition coefficient (Wildman–Crippen LogP) is 1.66. The molecule has 1 saturated carbocycles. The van der Waals surface area contributed by atoms with Crippen molar-refractivity contribution in [2.45, 2.75) is 30.6 Å². The number of carbonyl (C=O) groups excluding carboxylic acids is 1. The number of aromatic amines is 1. The number of thioether (sulfide) groups is 1. The van der Waals surface area contributed by atoms with Crippen LogP contribution in [0.1, 0.15) is 24.4 Å². The average Bonchev–Trinajstić information content (AvgIpc) is 3.29. The third-order valence-electron chi connectivity index (χ3n) is 3.60. The molecule has 22 heavy (non-hydrogen) atoms. The molecule has 1 heterocycles. The van der Waals surface area contributed by atoms with Crippen LogP contribution in [-0.4, -0.2) is 38.4 Å². The molecule has 1 aliphatic carbocycles. The first-order valence-electron chi connectivity index (χ1n) is 7.23. The number of nitrogens with zero attached hydrogens (tertiary/aromatic N) is 3. The molecule has 0 spiro atoms. The number of nitrogens with one attached hydrogen (secondary N) is 1. The van der Waals surface area contributed by atoms with Crippen molar-refractivity contribution in [1.29, 1.82) is 0 Å². The first kappa shape index (κ1) is 14.9. The first-order chi connectivity index (χ1) is 10.6. The van der Waals surface area contributed by atoms with Gasteiger partial charge < -0.3 is 4.90 Å². The summed E-state index contributed by atoms with van der Waals surface area (Å²) in [4.78, 5) is 25.6. The van der Waals surface area contributed by atoms with Crippen molar-refractivity contribution in [2.75, 3.05) is 12.8 Å². The van der Waals surface area contributed by atoms with Crippen LogP contribution in [0.3, 0.4) is 0 Å². The van der Waals surface area contributed by atoms with E-state index in [0.717, 1.165) is 18.4 Å². The van der Waals surface area contributed by atoms with Crippen molar-refractivity contribution in [2.24, 2.45) is 0 Å². The summed E-state index contributed by atoms with van der Waals surface area (Å²) in [5, 5.41) is 7.08. The lowest BCUT2D eigenvalue weighted by atomic mass is 10.2. The molecular formula is C15H18N4O2S. The molecule has 1 N–H and O–H groups in total.